The maximum absolute atomic E-state index is 12.2. The highest BCUT2D eigenvalue weighted by Crippen LogP contribution is 2.23. The van der Waals surface area contributed by atoms with Crippen molar-refractivity contribution in [3.8, 4) is 0 Å². The number of hydrogen-bond acceptors (Lipinski definition) is 7. The number of ether oxygens (including phenoxy) is 1. The Bertz CT molecular complexity index is 980. The van der Waals surface area contributed by atoms with E-state index in [1.165, 1.54) is 13.8 Å². The molecule has 3 aromatic rings. The Morgan fingerprint density at radius 1 is 1.14 bits per heavy atom. The first kappa shape index (κ1) is 19.6. The molecule has 28 heavy (non-hydrogen) atoms. The number of rotatable bonds is 7. The van der Waals surface area contributed by atoms with Gasteiger partial charge in [-0.25, -0.2) is 4.98 Å². The maximum atomic E-state index is 12.2. The van der Waals surface area contributed by atoms with Crippen molar-refractivity contribution in [3.05, 3.63) is 54.1 Å². The fraction of sp³-hybridized carbons (Fsp3) is 0.200. The van der Waals surface area contributed by atoms with E-state index in [1.54, 1.807) is 30.3 Å². The molecule has 1 amide bonds. The lowest BCUT2D eigenvalue weighted by molar-refractivity contribution is -0.150. The fourth-order valence-corrected chi connectivity index (χ4v) is 2.97. The van der Waals surface area contributed by atoms with E-state index >= 15 is 0 Å². The molecule has 0 aliphatic heterocycles. The third-order valence-corrected chi connectivity index (χ3v) is 4.63. The van der Waals surface area contributed by atoms with Gasteiger partial charge in [0.25, 0.3) is 11.1 Å². The van der Waals surface area contributed by atoms with Gasteiger partial charge in [-0.05, 0) is 50.2 Å². The van der Waals surface area contributed by atoms with E-state index in [9.17, 15) is 14.4 Å². The van der Waals surface area contributed by atoms with E-state index in [2.05, 4.69) is 10.3 Å². The Morgan fingerprint density at radius 2 is 1.86 bits per heavy atom. The van der Waals surface area contributed by atoms with Crippen LogP contribution in [0.25, 0.3) is 11.1 Å². The Morgan fingerprint density at radius 3 is 2.54 bits per heavy atom. The van der Waals surface area contributed by atoms with Crippen molar-refractivity contribution in [2.75, 3.05) is 11.1 Å². The number of oxazole rings is 1. The molecule has 1 N–H and O–H groups in total. The van der Waals surface area contributed by atoms with Crippen LogP contribution in [0.1, 0.15) is 24.2 Å². The summed E-state index contributed by atoms with van der Waals surface area (Å²) in [5.74, 6) is -1.10. The van der Waals surface area contributed by atoms with Gasteiger partial charge in [-0.15, -0.1) is 0 Å². The molecule has 144 valence electrons. The standard InChI is InChI=1S/C20H18N2O5S/c1-12(23)14-7-9-15(10-8-14)21-19(25)13(2)26-18(24)11-28-20-22-16-5-3-4-6-17(16)27-20/h3-10,13H,11H2,1-2H3,(H,21,25)/t13-/m1/s1. The number of thioether (sulfide) groups is 1. The molecule has 0 fully saturated rings. The highest BCUT2D eigenvalue weighted by molar-refractivity contribution is 7.99. The van der Waals surface area contributed by atoms with Crippen LogP contribution in [-0.2, 0) is 14.3 Å². The van der Waals surface area contributed by atoms with Crippen LogP contribution in [0, 0.1) is 0 Å². The summed E-state index contributed by atoms with van der Waals surface area (Å²) in [4.78, 5) is 39.7. The predicted molar refractivity (Wildman–Crippen MR) is 105 cm³/mol. The number of Topliss-reactive ketones (excluding diaryl/α,β-unsaturated/α-hetero) is 1. The van der Waals surface area contributed by atoms with Gasteiger partial charge in [0.2, 0.25) is 0 Å². The number of hydrogen-bond donors (Lipinski definition) is 1. The quantitative estimate of drug-likeness (QED) is 0.368. The second-order valence-electron chi connectivity index (χ2n) is 5.99. The van der Waals surface area contributed by atoms with Crippen LogP contribution < -0.4 is 5.32 Å². The van der Waals surface area contributed by atoms with Crippen molar-refractivity contribution in [2.45, 2.75) is 25.2 Å². The van der Waals surface area contributed by atoms with Gasteiger partial charge in [0, 0.05) is 11.3 Å². The van der Waals surface area contributed by atoms with E-state index < -0.39 is 18.0 Å². The summed E-state index contributed by atoms with van der Waals surface area (Å²) < 4.78 is 10.7. The zero-order chi connectivity index (χ0) is 20.1. The highest BCUT2D eigenvalue weighted by Gasteiger charge is 2.19. The Balaban J connectivity index is 1.48. The SMILES string of the molecule is CC(=O)c1ccc(NC(=O)[C@@H](C)OC(=O)CSc2nc3ccccc3o2)cc1. The maximum Gasteiger partial charge on any atom is 0.317 e. The van der Waals surface area contributed by atoms with Gasteiger partial charge in [-0.3, -0.25) is 14.4 Å². The lowest BCUT2D eigenvalue weighted by Gasteiger charge is -2.13. The molecule has 1 atom stereocenters. The number of amides is 1. The van der Waals surface area contributed by atoms with E-state index in [1.807, 2.05) is 18.2 Å². The minimum atomic E-state index is -0.968. The first-order chi connectivity index (χ1) is 13.4. The third kappa shape index (κ3) is 4.98. The van der Waals surface area contributed by atoms with Crippen LogP contribution in [-0.4, -0.2) is 34.5 Å². The van der Waals surface area contributed by atoms with Crippen LogP contribution in [0.3, 0.4) is 0 Å². The number of para-hydroxylation sites is 2. The van der Waals surface area contributed by atoms with Crippen molar-refractivity contribution >= 4 is 46.2 Å². The average molecular weight is 398 g/mol. The van der Waals surface area contributed by atoms with Crippen LogP contribution in [0.4, 0.5) is 5.69 Å². The van der Waals surface area contributed by atoms with Gasteiger partial charge in [-0.1, -0.05) is 23.9 Å². The first-order valence-electron chi connectivity index (χ1n) is 8.52. The predicted octanol–water partition coefficient (Wildman–Crippen LogP) is 3.69. The summed E-state index contributed by atoms with van der Waals surface area (Å²) in [7, 11) is 0. The molecule has 1 aromatic heterocycles. The number of benzene rings is 2. The average Bonchev–Trinajstić information content (AvgIpc) is 3.09. The smallest absolute Gasteiger partial charge is 0.317 e. The zero-order valence-electron chi connectivity index (χ0n) is 15.3. The second kappa shape index (κ2) is 8.71. The summed E-state index contributed by atoms with van der Waals surface area (Å²) in [5, 5.41) is 3.00. The molecular weight excluding hydrogens is 380 g/mol. The number of anilines is 1. The normalized spacial score (nSPS) is 11.8. The number of carbonyl (C=O) groups is 3. The molecule has 0 unspecified atom stereocenters. The van der Waals surface area contributed by atoms with E-state index in [0.717, 1.165) is 11.8 Å². The van der Waals surface area contributed by atoms with Crippen LogP contribution in [0.15, 0.2) is 58.2 Å². The van der Waals surface area contributed by atoms with Crippen LogP contribution in [0.2, 0.25) is 0 Å². The number of esters is 1. The molecule has 8 heteroatoms. The van der Waals surface area contributed by atoms with Gasteiger partial charge in [0.15, 0.2) is 17.5 Å². The number of aromatic nitrogens is 1. The minimum absolute atomic E-state index is 0.0300. The monoisotopic (exact) mass is 398 g/mol. The van der Waals surface area contributed by atoms with Crippen LogP contribution >= 0.6 is 11.8 Å². The molecule has 7 nitrogen and oxygen atoms in total. The summed E-state index contributed by atoms with van der Waals surface area (Å²) in [6.45, 7) is 2.95. The summed E-state index contributed by atoms with van der Waals surface area (Å²) in [6, 6.07) is 13.8. The van der Waals surface area contributed by atoms with Gasteiger partial charge >= 0.3 is 5.97 Å². The van der Waals surface area contributed by atoms with Gasteiger partial charge in [0.1, 0.15) is 11.3 Å². The summed E-state index contributed by atoms with van der Waals surface area (Å²) in [6.07, 6.45) is -0.968. The van der Waals surface area contributed by atoms with Crippen molar-refractivity contribution in [2.24, 2.45) is 0 Å². The van der Waals surface area contributed by atoms with E-state index in [-0.39, 0.29) is 11.5 Å². The zero-order valence-corrected chi connectivity index (χ0v) is 16.1. The molecule has 1 heterocycles. The third-order valence-electron chi connectivity index (χ3n) is 3.82. The van der Waals surface area contributed by atoms with Crippen LogP contribution in [0.5, 0.6) is 0 Å². The first-order valence-corrected chi connectivity index (χ1v) is 9.50. The molecule has 0 bridgehead atoms. The number of carbonyl (C=O) groups excluding carboxylic acids is 3. The largest absolute Gasteiger partial charge is 0.452 e. The molecule has 0 aliphatic rings. The Hall–Kier alpha value is -3.13. The van der Waals surface area contributed by atoms with Crippen molar-refractivity contribution < 1.29 is 23.5 Å². The van der Waals surface area contributed by atoms with Crippen molar-refractivity contribution in [1.29, 1.82) is 0 Å². The molecular formula is C20H18N2O5S. The molecule has 0 aliphatic carbocycles. The number of nitrogens with one attached hydrogen (secondary N) is 1. The molecule has 0 radical (unpaired) electrons. The molecule has 0 spiro atoms. The lowest BCUT2D eigenvalue weighted by Crippen LogP contribution is -2.30. The van der Waals surface area contributed by atoms with Gasteiger partial charge in [0.05, 0.1) is 0 Å². The summed E-state index contributed by atoms with van der Waals surface area (Å²) >= 11 is 1.10. The summed E-state index contributed by atoms with van der Waals surface area (Å²) in [5.41, 5.74) is 2.41. The van der Waals surface area contributed by atoms with E-state index in [0.29, 0.717) is 27.6 Å². The topological polar surface area (TPSA) is 98.5 Å². The Kier molecular flexibility index (Phi) is 6.10. The van der Waals surface area contributed by atoms with Crippen molar-refractivity contribution in [1.82, 2.24) is 4.98 Å². The molecule has 0 saturated carbocycles. The lowest BCUT2D eigenvalue weighted by atomic mass is 10.1. The van der Waals surface area contributed by atoms with Gasteiger partial charge in [-0.2, -0.15) is 0 Å². The molecule has 2 aromatic carbocycles. The molecule has 0 saturated heterocycles. The van der Waals surface area contributed by atoms with Crippen molar-refractivity contribution in [3.63, 3.8) is 0 Å². The Labute approximate surface area is 165 Å². The number of ketones is 1. The number of nitrogens with zero attached hydrogens (tertiary/aromatic N) is 1. The minimum Gasteiger partial charge on any atom is -0.452 e. The van der Waals surface area contributed by atoms with E-state index in [4.69, 9.17) is 9.15 Å². The molecule has 3 rings (SSSR count). The van der Waals surface area contributed by atoms with Gasteiger partial charge < -0.3 is 14.5 Å². The number of fused-ring (bicyclic) bond motifs is 1. The highest BCUT2D eigenvalue weighted by atomic mass is 32.2. The second-order valence-corrected chi connectivity index (χ2v) is 6.92. The fourth-order valence-electron chi connectivity index (χ4n) is 2.35.